The van der Waals surface area contributed by atoms with Crippen molar-refractivity contribution < 1.29 is 4.79 Å². The third-order valence-corrected chi connectivity index (χ3v) is 6.62. The molecule has 1 aromatic carbocycles. The molecule has 1 saturated carbocycles. The largest absolute Gasteiger partial charge is 0.326 e. The molecule has 5 heteroatoms. The lowest BCUT2D eigenvalue weighted by molar-refractivity contribution is -0.130. The van der Waals surface area contributed by atoms with Gasteiger partial charge in [-0.15, -0.1) is 0 Å². The number of aryl methyl sites for hydroxylation is 2. The average Bonchev–Trinajstić information content (AvgIpc) is 3.04. The molecule has 1 aromatic rings. The zero-order chi connectivity index (χ0) is 18.9. The first kappa shape index (κ1) is 19.3. The van der Waals surface area contributed by atoms with E-state index in [1.807, 2.05) is 20.2 Å². The number of para-hydroxylation sites is 1. The van der Waals surface area contributed by atoms with E-state index in [2.05, 4.69) is 41.1 Å². The van der Waals surface area contributed by atoms with Gasteiger partial charge in [-0.2, -0.15) is 0 Å². The third kappa shape index (κ3) is 3.53. The highest BCUT2D eigenvalue weighted by Crippen LogP contribution is 2.33. The van der Waals surface area contributed by atoms with E-state index in [0.717, 1.165) is 49.2 Å². The fourth-order valence-corrected chi connectivity index (χ4v) is 4.77. The molecular formula is C21H34N4O. The maximum absolute atomic E-state index is 13.3. The summed E-state index contributed by atoms with van der Waals surface area (Å²) < 4.78 is 0. The van der Waals surface area contributed by atoms with Gasteiger partial charge in [-0.1, -0.05) is 24.6 Å². The Morgan fingerprint density at radius 2 is 1.81 bits per heavy atom. The van der Waals surface area contributed by atoms with E-state index >= 15 is 0 Å². The molecular weight excluding hydrogens is 324 g/mol. The van der Waals surface area contributed by atoms with Gasteiger partial charge in [0.2, 0.25) is 5.91 Å². The molecule has 1 heterocycles. The highest BCUT2D eigenvalue weighted by molar-refractivity contribution is 5.99. The molecule has 26 heavy (non-hydrogen) atoms. The molecule has 0 radical (unpaired) electrons. The van der Waals surface area contributed by atoms with Gasteiger partial charge in [0.25, 0.3) is 0 Å². The number of rotatable bonds is 4. The van der Waals surface area contributed by atoms with Crippen LogP contribution in [0.4, 0.5) is 5.69 Å². The SMILES string of the molecule is Cc1cccc(C)c1NC(=O)C1(N(C)C)CCN([C@@H]2CCC[C@H]2N)CC1. The Morgan fingerprint density at radius 3 is 2.31 bits per heavy atom. The van der Waals surface area contributed by atoms with Crippen LogP contribution in [0.15, 0.2) is 18.2 Å². The molecule has 2 aliphatic rings. The number of likely N-dealkylation sites (tertiary alicyclic amines) is 1. The van der Waals surface area contributed by atoms with Gasteiger partial charge in [0.15, 0.2) is 0 Å². The second-order valence-corrected chi connectivity index (χ2v) is 8.35. The Hall–Kier alpha value is -1.43. The van der Waals surface area contributed by atoms with Crippen LogP contribution in [0.1, 0.15) is 43.2 Å². The van der Waals surface area contributed by atoms with Gasteiger partial charge in [-0.3, -0.25) is 14.6 Å². The van der Waals surface area contributed by atoms with E-state index in [1.165, 1.54) is 12.8 Å². The highest BCUT2D eigenvalue weighted by Gasteiger charge is 2.45. The second-order valence-electron chi connectivity index (χ2n) is 8.35. The van der Waals surface area contributed by atoms with Crippen molar-refractivity contribution in [2.24, 2.45) is 5.73 Å². The topological polar surface area (TPSA) is 61.6 Å². The molecule has 0 spiro atoms. The molecule has 1 saturated heterocycles. The number of nitrogens with two attached hydrogens (primary N) is 1. The number of benzene rings is 1. The zero-order valence-corrected chi connectivity index (χ0v) is 16.7. The van der Waals surface area contributed by atoms with Gasteiger partial charge in [0.05, 0.1) is 0 Å². The summed E-state index contributed by atoms with van der Waals surface area (Å²) in [6.45, 7) is 5.98. The Balaban J connectivity index is 1.74. The van der Waals surface area contributed by atoms with Gasteiger partial charge in [-0.25, -0.2) is 0 Å². The summed E-state index contributed by atoms with van der Waals surface area (Å²) in [6.07, 6.45) is 5.26. The van der Waals surface area contributed by atoms with Crippen LogP contribution in [0.3, 0.4) is 0 Å². The minimum Gasteiger partial charge on any atom is -0.326 e. The molecule has 5 nitrogen and oxygen atoms in total. The predicted molar refractivity (Wildman–Crippen MR) is 107 cm³/mol. The first-order valence-electron chi connectivity index (χ1n) is 9.90. The number of carbonyl (C=O) groups excluding carboxylic acids is 1. The molecule has 2 fully saturated rings. The number of likely N-dealkylation sites (N-methyl/N-ethyl adjacent to an activating group) is 1. The standard InChI is InChI=1S/C21H34N4O/c1-15-7-5-8-16(2)19(15)23-20(26)21(24(3)4)11-13-25(14-12-21)18-10-6-9-17(18)22/h5,7-8,17-18H,6,9-14,22H2,1-4H3,(H,23,26)/t17-,18-/m1/s1. The Kier molecular flexibility index (Phi) is 5.70. The number of hydrogen-bond acceptors (Lipinski definition) is 4. The molecule has 0 unspecified atom stereocenters. The zero-order valence-electron chi connectivity index (χ0n) is 16.7. The highest BCUT2D eigenvalue weighted by atomic mass is 16.2. The number of carbonyl (C=O) groups is 1. The van der Waals surface area contributed by atoms with Gasteiger partial charge < -0.3 is 11.1 Å². The van der Waals surface area contributed by atoms with Crippen molar-refractivity contribution in [3.8, 4) is 0 Å². The lowest BCUT2D eigenvalue weighted by atomic mass is 9.84. The molecule has 2 atom stereocenters. The summed E-state index contributed by atoms with van der Waals surface area (Å²) >= 11 is 0. The van der Waals surface area contributed by atoms with Crippen molar-refractivity contribution in [2.45, 2.75) is 63.6 Å². The van der Waals surface area contributed by atoms with Crippen LogP contribution in [-0.2, 0) is 4.79 Å². The quantitative estimate of drug-likeness (QED) is 0.868. The number of nitrogens with one attached hydrogen (secondary N) is 1. The lowest BCUT2D eigenvalue weighted by Crippen LogP contribution is -2.61. The molecule has 3 N–H and O–H groups in total. The maximum atomic E-state index is 13.3. The van der Waals surface area contributed by atoms with Crippen LogP contribution < -0.4 is 11.1 Å². The third-order valence-electron chi connectivity index (χ3n) is 6.62. The number of piperidine rings is 1. The normalized spacial score (nSPS) is 26.2. The average molecular weight is 359 g/mol. The Labute approximate surface area is 157 Å². The van der Waals surface area contributed by atoms with Crippen LogP contribution >= 0.6 is 0 Å². The van der Waals surface area contributed by atoms with E-state index < -0.39 is 5.54 Å². The van der Waals surface area contributed by atoms with Crippen molar-refractivity contribution in [3.05, 3.63) is 29.3 Å². The van der Waals surface area contributed by atoms with Gasteiger partial charge >= 0.3 is 0 Å². The molecule has 1 amide bonds. The van der Waals surface area contributed by atoms with Crippen molar-refractivity contribution >= 4 is 11.6 Å². The minimum atomic E-state index is -0.450. The van der Waals surface area contributed by atoms with Crippen molar-refractivity contribution in [3.63, 3.8) is 0 Å². The molecule has 1 aliphatic carbocycles. The van der Waals surface area contributed by atoms with E-state index in [-0.39, 0.29) is 5.91 Å². The monoisotopic (exact) mass is 358 g/mol. The van der Waals surface area contributed by atoms with E-state index in [0.29, 0.717) is 12.1 Å². The first-order chi connectivity index (χ1) is 12.3. The van der Waals surface area contributed by atoms with Crippen LogP contribution in [-0.4, -0.2) is 60.5 Å². The summed E-state index contributed by atoms with van der Waals surface area (Å²) in [5.41, 5.74) is 9.03. The number of nitrogens with zero attached hydrogens (tertiary/aromatic N) is 2. The molecule has 3 rings (SSSR count). The number of hydrogen-bond donors (Lipinski definition) is 2. The Bertz CT molecular complexity index is 629. The summed E-state index contributed by atoms with van der Waals surface area (Å²) in [5.74, 6) is 0.121. The molecule has 0 aromatic heterocycles. The van der Waals surface area contributed by atoms with E-state index in [1.54, 1.807) is 0 Å². The van der Waals surface area contributed by atoms with Crippen LogP contribution in [0, 0.1) is 13.8 Å². The minimum absolute atomic E-state index is 0.121. The summed E-state index contributed by atoms with van der Waals surface area (Å²) in [7, 11) is 4.06. The Morgan fingerprint density at radius 1 is 1.19 bits per heavy atom. The predicted octanol–water partition coefficient (Wildman–Crippen LogP) is 2.52. The van der Waals surface area contributed by atoms with Crippen molar-refractivity contribution in [1.29, 1.82) is 0 Å². The summed E-state index contributed by atoms with van der Waals surface area (Å²) in [5, 5.41) is 3.24. The van der Waals surface area contributed by atoms with Crippen molar-refractivity contribution in [1.82, 2.24) is 9.80 Å². The fraction of sp³-hybridized carbons (Fsp3) is 0.667. The van der Waals surface area contributed by atoms with Crippen LogP contribution in [0.25, 0.3) is 0 Å². The summed E-state index contributed by atoms with van der Waals surface area (Å²) in [4.78, 5) is 18.0. The lowest BCUT2D eigenvalue weighted by Gasteiger charge is -2.46. The number of anilines is 1. The van der Waals surface area contributed by atoms with Gasteiger partial charge in [0.1, 0.15) is 5.54 Å². The molecule has 1 aliphatic heterocycles. The first-order valence-corrected chi connectivity index (χ1v) is 9.90. The van der Waals surface area contributed by atoms with E-state index in [9.17, 15) is 4.79 Å². The van der Waals surface area contributed by atoms with E-state index in [4.69, 9.17) is 5.73 Å². The smallest absolute Gasteiger partial charge is 0.244 e. The summed E-state index contributed by atoms with van der Waals surface area (Å²) in [6, 6.07) is 6.93. The molecule has 144 valence electrons. The fourth-order valence-electron chi connectivity index (χ4n) is 4.77. The van der Waals surface area contributed by atoms with Crippen LogP contribution in [0.2, 0.25) is 0 Å². The van der Waals surface area contributed by atoms with Crippen molar-refractivity contribution in [2.75, 3.05) is 32.5 Å². The number of amides is 1. The van der Waals surface area contributed by atoms with Crippen LogP contribution in [0.5, 0.6) is 0 Å². The molecule has 0 bridgehead atoms. The second kappa shape index (κ2) is 7.67. The van der Waals surface area contributed by atoms with Gasteiger partial charge in [0, 0.05) is 30.9 Å². The maximum Gasteiger partial charge on any atom is 0.244 e. The van der Waals surface area contributed by atoms with Gasteiger partial charge in [-0.05, 0) is 64.8 Å².